The summed E-state index contributed by atoms with van der Waals surface area (Å²) in [7, 11) is 0. The van der Waals surface area contributed by atoms with Gasteiger partial charge in [-0.05, 0) is 30.3 Å². The van der Waals surface area contributed by atoms with Crippen LogP contribution < -0.4 is 14.8 Å². The lowest BCUT2D eigenvalue weighted by atomic mass is 10.2. The van der Waals surface area contributed by atoms with Crippen LogP contribution in [0, 0.1) is 0 Å². The van der Waals surface area contributed by atoms with Crippen molar-refractivity contribution >= 4 is 11.7 Å². The maximum Gasteiger partial charge on any atom is 0.257 e. The summed E-state index contributed by atoms with van der Waals surface area (Å²) < 4.78 is 12.2. The van der Waals surface area contributed by atoms with Gasteiger partial charge in [-0.2, -0.15) is 5.10 Å². The van der Waals surface area contributed by atoms with Crippen LogP contribution in [0.5, 0.6) is 11.5 Å². The number of benzene rings is 1. The van der Waals surface area contributed by atoms with Crippen LogP contribution in [0.4, 0.5) is 5.82 Å². The molecule has 0 aliphatic carbocycles. The normalized spacial score (nSPS) is 12.2. The monoisotopic (exact) mass is 322 g/mol. The first-order valence-electron chi connectivity index (χ1n) is 7.42. The van der Waals surface area contributed by atoms with E-state index in [9.17, 15) is 4.79 Å². The molecule has 120 valence electrons. The SMILES string of the molecule is O=C(Nc1ccn(Cc2ccccn2)n1)c1ccc2c(c1)OCO2. The number of carbonyl (C=O) groups is 1. The third-order valence-electron chi connectivity index (χ3n) is 3.57. The summed E-state index contributed by atoms with van der Waals surface area (Å²) in [5.41, 5.74) is 1.38. The second-order valence-corrected chi connectivity index (χ2v) is 5.24. The molecule has 0 fully saturated rings. The Kier molecular flexibility index (Phi) is 3.59. The number of amides is 1. The Balaban J connectivity index is 1.45. The number of aromatic nitrogens is 3. The molecule has 0 saturated heterocycles. The van der Waals surface area contributed by atoms with Crippen molar-refractivity contribution in [1.82, 2.24) is 14.8 Å². The highest BCUT2D eigenvalue weighted by Gasteiger charge is 2.16. The maximum absolute atomic E-state index is 12.3. The minimum Gasteiger partial charge on any atom is -0.454 e. The Morgan fingerprint density at radius 3 is 2.96 bits per heavy atom. The van der Waals surface area contributed by atoms with Gasteiger partial charge in [0.05, 0.1) is 12.2 Å². The van der Waals surface area contributed by atoms with Crippen molar-refractivity contribution in [2.75, 3.05) is 12.1 Å². The van der Waals surface area contributed by atoms with Gasteiger partial charge in [0.1, 0.15) is 0 Å². The van der Waals surface area contributed by atoms with Crippen molar-refractivity contribution in [1.29, 1.82) is 0 Å². The number of anilines is 1. The highest BCUT2D eigenvalue weighted by molar-refractivity contribution is 6.04. The minimum absolute atomic E-state index is 0.179. The third kappa shape index (κ3) is 2.91. The molecule has 1 aliphatic rings. The van der Waals surface area contributed by atoms with E-state index >= 15 is 0 Å². The average molecular weight is 322 g/mol. The average Bonchev–Trinajstić information content (AvgIpc) is 3.24. The van der Waals surface area contributed by atoms with Crippen LogP contribution >= 0.6 is 0 Å². The van der Waals surface area contributed by atoms with Gasteiger partial charge in [-0.3, -0.25) is 14.5 Å². The summed E-state index contributed by atoms with van der Waals surface area (Å²) in [6.45, 7) is 0.721. The van der Waals surface area contributed by atoms with Crippen molar-refractivity contribution in [2.45, 2.75) is 6.54 Å². The molecule has 2 aromatic heterocycles. The number of rotatable bonds is 4. The van der Waals surface area contributed by atoms with Crippen LogP contribution in [0.1, 0.15) is 16.1 Å². The van der Waals surface area contributed by atoms with Gasteiger partial charge in [0.2, 0.25) is 6.79 Å². The predicted octanol–water partition coefficient (Wildman–Crippen LogP) is 2.31. The summed E-state index contributed by atoms with van der Waals surface area (Å²) in [6, 6.07) is 12.5. The molecule has 1 aromatic carbocycles. The molecule has 0 radical (unpaired) electrons. The van der Waals surface area contributed by atoms with Gasteiger partial charge in [0, 0.05) is 24.0 Å². The molecule has 3 heterocycles. The van der Waals surface area contributed by atoms with E-state index in [1.807, 2.05) is 18.2 Å². The van der Waals surface area contributed by atoms with Gasteiger partial charge in [-0.1, -0.05) is 6.07 Å². The summed E-state index contributed by atoms with van der Waals surface area (Å²) >= 11 is 0. The standard InChI is InChI=1S/C17H14N4O3/c22-17(12-4-5-14-15(9-12)24-11-23-14)19-16-6-8-21(20-16)10-13-3-1-2-7-18-13/h1-9H,10-11H2,(H,19,20,22). The van der Waals surface area contributed by atoms with E-state index in [4.69, 9.17) is 9.47 Å². The predicted molar refractivity (Wildman–Crippen MR) is 86.1 cm³/mol. The fourth-order valence-electron chi connectivity index (χ4n) is 2.40. The van der Waals surface area contributed by atoms with Crippen LogP contribution in [0.2, 0.25) is 0 Å². The Labute approximate surface area is 137 Å². The molecule has 0 unspecified atom stereocenters. The number of hydrogen-bond donors (Lipinski definition) is 1. The molecule has 0 atom stereocenters. The molecule has 1 amide bonds. The van der Waals surface area contributed by atoms with E-state index < -0.39 is 0 Å². The molecular formula is C17H14N4O3. The van der Waals surface area contributed by atoms with E-state index in [2.05, 4.69) is 15.4 Å². The first kappa shape index (κ1) is 14.3. The number of ether oxygens (including phenoxy) is 2. The van der Waals surface area contributed by atoms with Crippen molar-refractivity contribution in [3.05, 3.63) is 66.1 Å². The highest BCUT2D eigenvalue weighted by Crippen LogP contribution is 2.32. The number of fused-ring (bicyclic) bond motifs is 1. The van der Waals surface area contributed by atoms with Crippen LogP contribution in [0.15, 0.2) is 54.9 Å². The van der Waals surface area contributed by atoms with Crippen molar-refractivity contribution in [3.8, 4) is 11.5 Å². The summed E-state index contributed by atoms with van der Waals surface area (Å²) in [5, 5.41) is 7.10. The Morgan fingerprint density at radius 2 is 2.08 bits per heavy atom. The van der Waals surface area contributed by atoms with Crippen LogP contribution in [-0.2, 0) is 6.54 Å². The zero-order valence-electron chi connectivity index (χ0n) is 12.7. The Bertz CT molecular complexity index is 877. The second-order valence-electron chi connectivity index (χ2n) is 5.24. The van der Waals surface area contributed by atoms with Crippen molar-refractivity contribution < 1.29 is 14.3 Å². The Hall–Kier alpha value is -3.35. The molecule has 3 aromatic rings. The fourth-order valence-corrected chi connectivity index (χ4v) is 2.40. The zero-order chi connectivity index (χ0) is 16.4. The van der Waals surface area contributed by atoms with Crippen LogP contribution in [-0.4, -0.2) is 27.5 Å². The third-order valence-corrected chi connectivity index (χ3v) is 3.57. The van der Waals surface area contributed by atoms with Gasteiger partial charge in [-0.15, -0.1) is 0 Å². The summed E-state index contributed by atoms with van der Waals surface area (Å²) in [4.78, 5) is 16.6. The zero-order valence-corrected chi connectivity index (χ0v) is 12.7. The maximum atomic E-state index is 12.3. The molecule has 0 bridgehead atoms. The van der Waals surface area contributed by atoms with E-state index in [0.29, 0.717) is 29.4 Å². The number of pyridine rings is 1. The van der Waals surface area contributed by atoms with E-state index in [1.165, 1.54) is 0 Å². The molecule has 0 spiro atoms. The number of nitrogens with zero attached hydrogens (tertiary/aromatic N) is 3. The van der Waals surface area contributed by atoms with E-state index in [1.54, 1.807) is 41.3 Å². The van der Waals surface area contributed by atoms with Crippen LogP contribution in [0.3, 0.4) is 0 Å². The van der Waals surface area contributed by atoms with Gasteiger partial charge < -0.3 is 14.8 Å². The molecule has 4 rings (SSSR count). The topological polar surface area (TPSA) is 78.3 Å². The lowest BCUT2D eigenvalue weighted by molar-refractivity contribution is 0.102. The first-order valence-corrected chi connectivity index (χ1v) is 7.42. The molecule has 24 heavy (non-hydrogen) atoms. The largest absolute Gasteiger partial charge is 0.454 e. The quantitative estimate of drug-likeness (QED) is 0.797. The fraction of sp³-hybridized carbons (Fsp3) is 0.118. The number of nitrogens with one attached hydrogen (secondary N) is 1. The minimum atomic E-state index is -0.253. The number of carbonyl (C=O) groups excluding carboxylic acids is 1. The molecule has 0 saturated carbocycles. The van der Waals surface area contributed by atoms with Gasteiger partial charge in [0.25, 0.3) is 5.91 Å². The van der Waals surface area contributed by atoms with Crippen LogP contribution in [0.25, 0.3) is 0 Å². The lowest BCUT2D eigenvalue weighted by Gasteiger charge is -2.04. The second kappa shape index (κ2) is 6.04. The number of hydrogen-bond acceptors (Lipinski definition) is 5. The van der Waals surface area contributed by atoms with Crippen molar-refractivity contribution in [2.24, 2.45) is 0 Å². The van der Waals surface area contributed by atoms with Gasteiger partial charge in [0.15, 0.2) is 17.3 Å². The lowest BCUT2D eigenvalue weighted by Crippen LogP contribution is -2.13. The first-order chi connectivity index (χ1) is 11.8. The van der Waals surface area contributed by atoms with Gasteiger partial charge >= 0.3 is 0 Å². The molecular weight excluding hydrogens is 308 g/mol. The molecule has 1 N–H and O–H groups in total. The molecule has 7 nitrogen and oxygen atoms in total. The molecule has 7 heteroatoms. The summed E-state index contributed by atoms with van der Waals surface area (Å²) in [6.07, 6.45) is 3.53. The molecule has 1 aliphatic heterocycles. The highest BCUT2D eigenvalue weighted by atomic mass is 16.7. The van der Waals surface area contributed by atoms with Crippen molar-refractivity contribution in [3.63, 3.8) is 0 Å². The van der Waals surface area contributed by atoms with Gasteiger partial charge in [-0.25, -0.2) is 0 Å². The summed E-state index contributed by atoms with van der Waals surface area (Å²) in [5.74, 6) is 1.44. The van der Waals surface area contributed by atoms with E-state index in [-0.39, 0.29) is 12.7 Å². The smallest absolute Gasteiger partial charge is 0.257 e. The van der Waals surface area contributed by atoms with E-state index in [0.717, 1.165) is 5.69 Å². The Morgan fingerprint density at radius 1 is 1.17 bits per heavy atom.